The molecule has 1 atom stereocenters. The van der Waals surface area contributed by atoms with E-state index in [9.17, 15) is 9.59 Å². The SMILES string of the molecule is CCCCC(=O)N1CCN(C(=O)CSc2nnc(-c3ccc(C)cc3)n2-c2ccc(OC)cc2)CC1C. The van der Waals surface area contributed by atoms with E-state index in [2.05, 4.69) is 17.1 Å². The number of carbonyl (C=O) groups is 2. The fourth-order valence-corrected chi connectivity index (χ4v) is 5.32. The summed E-state index contributed by atoms with van der Waals surface area (Å²) in [6.07, 6.45) is 2.48. The van der Waals surface area contributed by atoms with Crippen molar-refractivity contribution in [3.63, 3.8) is 0 Å². The fourth-order valence-electron chi connectivity index (χ4n) is 4.46. The van der Waals surface area contributed by atoms with Crippen LogP contribution in [-0.2, 0) is 9.59 Å². The minimum atomic E-state index is 0.0168. The first-order chi connectivity index (χ1) is 17.9. The van der Waals surface area contributed by atoms with Crippen molar-refractivity contribution < 1.29 is 14.3 Å². The smallest absolute Gasteiger partial charge is 0.233 e. The maximum Gasteiger partial charge on any atom is 0.233 e. The third kappa shape index (κ3) is 6.33. The highest BCUT2D eigenvalue weighted by Crippen LogP contribution is 2.29. The highest BCUT2D eigenvalue weighted by atomic mass is 32.2. The van der Waals surface area contributed by atoms with Gasteiger partial charge in [-0.15, -0.1) is 10.2 Å². The summed E-state index contributed by atoms with van der Waals surface area (Å²) in [5.41, 5.74) is 3.01. The molecule has 4 rings (SSSR count). The van der Waals surface area contributed by atoms with Crippen LogP contribution in [0.4, 0.5) is 0 Å². The van der Waals surface area contributed by atoms with Gasteiger partial charge < -0.3 is 14.5 Å². The molecule has 1 aliphatic rings. The van der Waals surface area contributed by atoms with Crippen molar-refractivity contribution in [2.45, 2.75) is 51.2 Å². The van der Waals surface area contributed by atoms with Crippen LogP contribution >= 0.6 is 11.8 Å². The minimum Gasteiger partial charge on any atom is -0.497 e. The number of rotatable bonds is 9. The second kappa shape index (κ2) is 12.3. The number of unbranched alkanes of at least 4 members (excludes halogenated alkanes) is 1. The second-order valence-electron chi connectivity index (χ2n) is 9.37. The summed E-state index contributed by atoms with van der Waals surface area (Å²) in [5, 5.41) is 9.58. The lowest BCUT2D eigenvalue weighted by Gasteiger charge is -2.40. The molecule has 1 aromatic heterocycles. The van der Waals surface area contributed by atoms with E-state index in [1.165, 1.54) is 17.3 Å². The van der Waals surface area contributed by atoms with Gasteiger partial charge in [0, 0.05) is 43.3 Å². The Morgan fingerprint density at radius 3 is 2.41 bits per heavy atom. The van der Waals surface area contributed by atoms with E-state index < -0.39 is 0 Å². The summed E-state index contributed by atoms with van der Waals surface area (Å²) < 4.78 is 7.30. The Hall–Kier alpha value is -3.33. The highest BCUT2D eigenvalue weighted by Gasteiger charge is 2.29. The molecular weight excluding hydrogens is 486 g/mol. The molecule has 1 unspecified atom stereocenters. The molecule has 2 aromatic carbocycles. The predicted molar refractivity (Wildman–Crippen MR) is 146 cm³/mol. The lowest BCUT2D eigenvalue weighted by atomic mass is 10.1. The number of ether oxygens (including phenoxy) is 1. The van der Waals surface area contributed by atoms with Crippen LogP contribution in [0, 0.1) is 6.92 Å². The van der Waals surface area contributed by atoms with Crippen molar-refractivity contribution in [3.8, 4) is 22.8 Å². The Balaban J connectivity index is 1.49. The summed E-state index contributed by atoms with van der Waals surface area (Å²) >= 11 is 1.38. The van der Waals surface area contributed by atoms with Crippen LogP contribution in [-0.4, -0.2) is 74.9 Å². The topological polar surface area (TPSA) is 80.6 Å². The zero-order valence-electron chi connectivity index (χ0n) is 22.0. The molecule has 2 amide bonds. The third-order valence-corrected chi connectivity index (χ3v) is 7.56. The number of aryl methyl sites for hydroxylation is 1. The monoisotopic (exact) mass is 521 g/mol. The molecule has 2 heterocycles. The van der Waals surface area contributed by atoms with E-state index in [4.69, 9.17) is 4.74 Å². The Labute approximate surface area is 223 Å². The molecule has 0 saturated carbocycles. The first kappa shape index (κ1) is 26.7. The molecule has 1 fully saturated rings. The highest BCUT2D eigenvalue weighted by molar-refractivity contribution is 7.99. The Kier molecular flexibility index (Phi) is 8.87. The van der Waals surface area contributed by atoms with Crippen LogP contribution in [0.5, 0.6) is 5.75 Å². The predicted octanol–water partition coefficient (Wildman–Crippen LogP) is 4.59. The van der Waals surface area contributed by atoms with Gasteiger partial charge in [-0.05, 0) is 44.5 Å². The van der Waals surface area contributed by atoms with E-state index in [1.54, 1.807) is 7.11 Å². The van der Waals surface area contributed by atoms with Gasteiger partial charge in [-0.2, -0.15) is 0 Å². The Morgan fingerprint density at radius 1 is 1.03 bits per heavy atom. The molecule has 37 heavy (non-hydrogen) atoms. The summed E-state index contributed by atoms with van der Waals surface area (Å²) in [6, 6.07) is 15.9. The van der Waals surface area contributed by atoms with E-state index >= 15 is 0 Å². The average molecular weight is 522 g/mol. The number of hydrogen-bond donors (Lipinski definition) is 0. The number of hydrogen-bond acceptors (Lipinski definition) is 6. The maximum absolute atomic E-state index is 13.1. The van der Waals surface area contributed by atoms with Crippen molar-refractivity contribution in [2.24, 2.45) is 0 Å². The molecule has 0 N–H and O–H groups in total. The molecule has 0 bridgehead atoms. The molecule has 8 nitrogen and oxygen atoms in total. The number of amides is 2. The zero-order chi connectivity index (χ0) is 26.4. The summed E-state index contributed by atoms with van der Waals surface area (Å²) in [7, 11) is 1.64. The van der Waals surface area contributed by atoms with Crippen LogP contribution in [0.3, 0.4) is 0 Å². The molecule has 0 radical (unpaired) electrons. The van der Waals surface area contributed by atoms with Gasteiger partial charge in [0.05, 0.1) is 12.9 Å². The van der Waals surface area contributed by atoms with Gasteiger partial charge in [0.15, 0.2) is 11.0 Å². The number of thioether (sulfide) groups is 1. The lowest BCUT2D eigenvalue weighted by Crippen LogP contribution is -2.55. The van der Waals surface area contributed by atoms with Crippen LogP contribution in [0.15, 0.2) is 53.7 Å². The number of benzene rings is 2. The van der Waals surface area contributed by atoms with E-state index in [0.717, 1.165) is 29.8 Å². The molecule has 3 aromatic rings. The van der Waals surface area contributed by atoms with Gasteiger partial charge in [-0.25, -0.2) is 0 Å². The van der Waals surface area contributed by atoms with Crippen molar-refractivity contribution in [2.75, 3.05) is 32.5 Å². The normalized spacial score (nSPS) is 15.6. The van der Waals surface area contributed by atoms with E-state index in [1.807, 2.05) is 76.7 Å². The largest absolute Gasteiger partial charge is 0.497 e. The molecule has 196 valence electrons. The van der Waals surface area contributed by atoms with Crippen molar-refractivity contribution in [3.05, 3.63) is 54.1 Å². The first-order valence-corrected chi connectivity index (χ1v) is 13.8. The molecule has 9 heteroatoms. The number of nitrogens with zero attached hydrogens (tertiary/aromatic N) is 5. The van der Waals surface area contributed by atoms with Gasteiger partial charge in [0.25, 0.3) is 0 Å². The molecule has 0 aliphatic carbocycles. The standard InChI is InChI=1S/C28H35N5O3S/c1-5-6-7-25(34)32-17-16-31(18-21(32)3)26(35)19-37-28-30-29-27(22-10-8-20(2)9-11-22)33(28)23-12-14-24(36-4)15-13-23/h8-15,21H,5-7,16-19H2,1-4H3. The van der Waals surface area contributed by atoms with E-state index in [-0.39, 0.29) is 23.6 Å². The first-order valence-electron chi connectivity index (χ1n) is 12.8. The zero-order valence-corrected chi connectivity index (χ0v) is 22.8. The van der Waals surface area contributed by atoms with Crippen molar-refractivity contribution in [1.29, 1.82) is 0 Å². The minimum absolute atomic E-state index is 0.0168. The lowest BCUT2D eigenvalue weighted by molar-refractivity contribution is -0.141. The molecule has 1 aliphatic heterocycles. The van der Waals surface area contributed by atoms with Gasteiger partial charge in [0.2, 0.25) is 11.8 Å². The maximum atomic E-state index is 13.1. The number of carbonyl (C=O) groups excluding carboxylic acids is 2. The molecular formula is C28H35N5O3S. The Morgan fingerprint density at radius 2 is 1.76 bits per heavy atom. The quantitative estimate of drug-likeness (QED) is 0.383. The number of aromatic nitrogens is 3. The van der Waals surface area contributed by atoms with Crippen LogP contribution in [0.2, 0.25) is 0 Å². The fraction of sp³-hybridized carbons (Fsp3) is 0.429. The van der Waals surface area contributed by atoms with Gasteiger partial charge in [0.1, 0.15) is 5.75 Å². The number of piperazine rings is 1. The van der Waals surface area contributed by atoms with Gasteiger partial charge >= 0.3 is 0 Å². The van der Waals surface area contributed by atoms with Crippen LogP contribution < -0.4 is 4.74 Å². The van der Waals surface area contributed by atoms with E-state index in [0.29, 0.717) is 37.0 Å². The third-order valence-electron chi connectivity index (χ3n) is 6.64. The van der Waals surface area contributed by atoms with Gasteiger partial charge in [-0.3, -0.25) is 14.2 Å². The molecule has 0 spiro atoms. The summed E-state index contributed by atoms with van der Waals surface area (Å²) in [6.45, 7) is 7.85. The Bertz CT molecular complexity index is 1210. The van der Waals surface area contributed by atoms with Crippen LogP contribution in [0.25, 0.3) is 17.1 Å². The van der Waals surface area contributed by atoms with Crippen LogP contribution in [0.1, 0.15) is 38.7 Å². The molecule has 1 saturated heterocycles. The van der Waals surface area contributed by atoms with Crippen molar-refractivity contribution >= 4 is 23.6 Å². The average Bonchev–Trinajstić information content (AvgIpc) is 3.34. The van der Waals surface area contributed by atoms with Gasteiger partial charge in [-0.1, -0.05) is 54.9 Å². The van der Waals surface area contributed by atoms with Crippen molar-refractivity contribution in [1.82, 2.24) is 24.6 Å². The second-order valence-corrected chi connectivity index (χ2v) is 10.3. The summed E-state index contributed by atoms with van der Waals surface area (Å²) in [4.78, 5) is 29.4. The summed E-state index contributed by atoms with van der Waals surface area (Å²) in [5.74, 6) is 1.96. The number of methoxy groups -OCH3 is 1.